The molecule has 0 radical (unpaired) electrons. The molecule has 1 spiro atoms. The predicted molar refractivity (Wildman–Crippen MR) is 142 cm³/mol. The van der Waals surface area contributed by atoms with Crippen LogP contribution in [0.5, 0.6) is 0 Å². The van der Waals surface area contributed by atoms with Gasteiger partial charge in [0.25, 0.3) is 0 Å². The van der Waals surface area contributed by atoms with Crippen molar-refractivity contribution >= 4 is 23.5 Å². The Morgan fingerprint density at radius 3 is 2.38 bits per heavy atom. The number of hydrogen-bond acceptors (Lipinski definition) is 6. The predicted octanol–water partition coefficient (Wildman–Crippen LogP) is 7.03. The van der Waals surface area contributed by atoms with Gasteiger partial charge < -0.3 is 18.9 Å². The second-order valence-electron chi connectivity index (χ2n) is 11.9. The van der Waals surface area contributed by atoms with Crippen LogP contribution in [0, 0.1) is 23.2 Å². The SMILES string of the molecule is CC1(C)COC2(CC[C@H](C=CC(OC3CCCCO3)C3CCCC3)[C@H]2CCC2SCCS2)OC1. The molecule has 6 heteroatoms. The first-order valence-corrected chi connectivity index (χ1v) is 16.1. The first-order valence-electron chi connectivity index (χ1n) is 14.0. The number of hydrogen-bond donors (Lipinski definition) is 0. The van der Waals surface area contributed by atoms with Crippen molar-refractivity contribution < 1.29 is 18.9 Å². The molecule has 2 saturated carbocycles. The molecular weight excluding hydrogens is 464 g/mol. The van der Waals surface area contributed by atoms with Crippen LogP contribution in [0.3, 0.4) is 0 Å². The van der Waals surface area contributed by atoms with E-state index in [1.54, 1.807) is 0 Å². The van der Waals surface area contributed by atoms with E-state index in [9.17, 15) is 0 Å². The van der Waals surface area contributed by atoms with Gasteiger partial charge >= 0.3 is 0 Å². The fourth-order valence-corrected chi connectivity index (χ4v) is 9.42. The van der Waals surface area contributed by atoms with E-state index in [1.807, 2.05) is 0 Å². The molecule has 194 valence electrons. The highest BCUT2D eigenvalue weighted by Crippen LogP contribution is 2.51. The van der Waals surface area contributed by atoms with E-state index in [-0.39, 0.29) is 23.6 Å². The number of rotatable bonds is 8. The first-order chi connectivity index (χ1) is 16.5. The van der Waals surface area contributed by atoms with Crippen LogP contribution in [0.15, 0.2) is 12.2 Å². The second kappa shape index (κ2) is 11.8. The molecule has 0 N–H and O–H groups in total. The Morgan fingerprint density at radius 1 is 0.941 bits per heavy atom. The lowest BCUT2D eigenvalue weighted by Crippen LogP contribution is -2.50. The zero-order chi connectivity index (χ0) is 23.4. The lowest BCUT2D eigenvalue weighted by molar-refractivity contribution is -0.316. The maximum Gasteiger partial charge on any atom is 0.171 e. The third-order valence-corrected chi connectivity index (χ3v) is 11.8. The van der Waals surface area contributed by atoms with Crippen molar-refractivity contribution in [3.05, 3.63) is 12.2 Å². The Hall–Kier alpha value is 0.280. The van der Waals surface area contributed by atoms with Gasteiger partial charge in [-0.05, 0) is 63.2 Å². The van der Waals surface area contributed by atoms with E-state index in [0.717, 1.165) is 43.7 Å². The van der Waals surface area contributed by atoms with Gasteiger partial charge in [0.2, 0.25) is 0 Å². The van der Waals surface area contributed by atoms with E-state index < -0.39 is 0 Å². The third kappa shape index (κ3) is 6.39. The Kier molecular flexibility index (Phi) is 8.97. The summed E-state index contributed by atoms with van der Waals surface area (Å²) in [6, 6.07) is 0. The van der Waals surface area contributed by atoms with E-state index in [0.29, 0.717) is 17.8 Å². The molecule has 5 aliphatic rings. The van der Waals surface area contributed by atoms with E-state index in [4.69, 9.17) is 18.9 Å². The van der Waals surface area contributed by atoms with Gasteiger partial charge in [-0.25, -0.2) is 0 Å². The molecule has 0 aromatic rings. The van der Waals surface area contributed by atoms with Gasteiger partial charge in [0.05, 0.1) is 23.9 Å². The molecule has 2 unspecified atom stereocenters. The maximum absolute atomic E-state index is 6.61. The third-order valence-electron chi connectivity index (χ3n) is 8.59. The smallest absolute Gasteiger partial charge is 0.171 e. The summed E-state index contributed by atoms with van der Waals surface area (Å²) in [6.45, 7) is 6.97. The van der Waals surface area contributed by atoms with Crippen LogP contribution in [0.2, 0.25) is 0 Å². The maximum atomic E-state index is 6.61. The highest BCUT2D eigenvalue weighted by atomic mass is 32.2. The highest BCUT2D eigenvalue weighted by Gasteiger charge is 2.53. The summed E-state index contributed by atoms with van der Waals surface area (Å²) in [5, 5.41) is 0. The van der Waals surface area contributed by atoms with Crippen LogP contribution in [-0.4, -0.2) is 54.1 Å². The molecule has 0 amide bonds. The molecule has 3 aliphatic heterocycles. The summed E-state index contributed by atoms with van der Waals surface area (Å²) < 4.78 is 26.5. The standard InChI is InChI=1S/C28H46O4S2/c1-27(2)19-30-28(31-20-27)15-14-21(23(28)11-13-26-33-17-18-34-26)10-12-24(22-7-3-4-8-22)32-25-9-5-6-16-29-25/h10,12,21-26H,3-9,11,13-20H2,1-2H3/t21-,23+,24?,25?/m0/s1. The van der Waals surface area contributed by atoms with Gasteiger partial charge in [-0.15, -0.1) is 23.5 Å². The summed E-state index contributed by atoms with van der Waals surface area (Å²) >= 11 is 4.29. The zero-order valence-corrected chi connectivity index (χ0v) is 23.0. The quantitative estimate of drug-likeness (QED) is 0.326. The molecule has 3 heterocycles. The Morgan fingerprint density at radius 2 is 1.68 bits per heavy atom. The van der Waals surface area contributed by atoms with Gasteiger partial charge in [0.15, 0.2) is 12.1 Å². The van der Waals surface area contributed by atoms with Crippen molar-refractivity contribution in [1.82, 2.24) is 0 Å². The van der Waals surface area contributed by atoms with Gasteiger partial charge in [-0.1, -0.05) is 38.8 Å². The van der Waals surface area contributed by atoms with Crippen LogP contribution < -0.4 is 0 Å². The van der Waals surface area contributed by atoms with E-state index in [2.05, 4.69) is 49.5 Å². The fraction of sp³-hybridized carbons (Fsp3) is 0.929. The van der Waals surface area contributed by atoms with Gasteiger partial charge in [-0.3, -0.25) is 0 Å². The molecule has 5 fully saturated rings. The summed E-state index contributed by atoms with van der Waals surface area (Å²) in [5.74, 6) is 3.83. The van der Waals surface area contributed by atoms with Gasteiger partial charge in [0.1, 0.15) is 0 Å². The van der Waals surface area contributed by atoms with Crippen molar-refractivity contribution in [2.24, 2.45) is 23.2 Å². The zero-order valence-electron chi connectivity index (χ0n) is 21.4. The van der Waals surface area contributed by atoms with Crippen molar-refractivity contribution in [2.45, 2.75) is 107 Å². The molecule has 4 atom stereocenters. The summed E-state index contributed by atoms with van der Waals surface area (Å²) in [7, 11) is 0. The molecular formula is C28H46O4S2. The lowest BCUT2D eigenvalue weighted by Gasteiger charge is -2.45. The Bertz CT molecular complexity index is 655. The van der Waals surface area contributed by atoms with Gasteiger partial charge in [-0.2, -0.15) is 0 Å². The average molecular weight is 511 g/mol. The second-order valence-corrected chi connectivity index (χ2v) is 14.9. The summed E-state index contributed by atoms with van der Waals surface area (Å²) in [4.78, 5) is 0. The van der Waals surface area contributed by atoms with Crippen molar-refractivity contribution in [2.75, 3.05) is 31.3 Å². The topological polar surface area (TPSA) is 36.9 Å². The van der Waals surface area contributed by atoms with Crippen LogP contribution in [0.4, 0.5) is 0 Å². The van der Waals surface area contributed by atoms with Crippen molar-refractivity contribution in [3.63, 3.8) is 0 Å². The molecule has 0 aromatic heterocycles. The summed E-state index contributed by atoms with van der Waals surface area (Å²) in [6.07, 6.45) is 18.4. The Labute approximate surface area is 216 Å². The number of ether oxygens (including phenoxy) is 4. The molecule has 3 saturated heterocycles. The highest BCUT2D eigenvalue weighted by molar-refractivity contribution is 8.20. The molecule has 5 rings (SSSR count). The van der Waals surface area contributed by atoms with Gasteiger partial charge in [0, 0.05) is 35.9 Å². The molecule has 4 nitrogen and oxygen atoms in total. The fourth-order valence-electron chi connectivity index (χ4n) is 6.56. The largest absolute Gasteiger partial charge is 0.353 e. The normalized spacial score (nSPS) is 35.5. The van der Waals surface area contributed by atoms with Crippen LogP contribution in [0.25, 0.3) is 0 Å². The monoisotopic (exact) mass is 510 g/mol. The minimum Gasteiger partial charge on any atom is -0.353 e. The number of thioether (sulfide) groups is 2. The van der Waals surface area contributed by atoms with Crippen LogP contribution in [-0.2, 0) is 18.9 Å². The number of allylic oxidation sites excluding steroid dienone is 1. The van der Waals surface area contributed by atoms with Crippen LogP contribution >= 0.6 is 23.5 Å². The average Bonchev–Trinajstić information content (AvgIpc) is 3.61. The molecule has 2 aliphatic carbocycles. The van der Waals surface area contributed by atoms with Crippen molar-refractivity contribution in [1.29, 1.82) is 0 Å². The van der Waals surface area contributed by atoms with Crippen molar-refractivity contribution in [3.8, 4) is 0 Å². The van der Waals surface area contributed by atoms with E-state index >= 15 is 0 Å². The first kappa shape index (κ1) is 25.9. The molecule has 0 bridgehead atoms. The van der Waals surface area contributed by atoms with E-state index in [1.165, 1.54) is 62.9 Å². The molecule has 0 aromatic carbocycles. The lowest BCUT2D eigenvalue weighted by atomic mass is 9.85. The summed E-state index contributed by atoms with van der Waals surface area (Å²) in [5.41, 5.74) is 0.113. The molecule has 34 heavy (non-hydrogen) atoms. The Balaban J connectivity index is 1.28. The minimum atomic E-state index is -0.380. The van der Waals surface area contributed by atoms with Crippen LogP contribution in [0.1, 0.15) is 84.5 Å². The minimum absolute atomic E-state index is 0.0154.